The highest BCUT2D eigenvalue weighted by Crippen LogP contribution is 2.16. The van der Waals surface area contributed by atoms with Gasteiger partial charge in [-0.15, -0.1) is 0 Å². The van der Waals surface area contributed by atoms with Crippen LogP contribution in [0.25, 0.3) is 0 Å². The lowest BCUT2D eigenvalue weighted by atomic mass is 9.91. The lowest BCUT2D eigenvalue weighted by molar-refractivity contribution is -0.489. The van der Waals surface area contributed by atoms with E-state index in [4.69, 9.17) is 10.5 Å². The van der Waals surface area contributed by atoms with Gasteiger partial charge in [0.25, 0.3) is 0 Å². The molecule has 0 saturated carbocycles. The molecule has 0 unspecified atom stereocenters. The Kier molecular flexibility index (Phi) is 5.22. The van der Waals surface area contributed by atoms with Gasteiger partial charge in [0.2, 0.25) is 6.54 Å². The third-order valence-electron chi connectivity index (χ3n) is 1.79. The zero-order valence-electron chi connectivity index (χ0n) is 7.43. The molecule has 0 rings (SSSR count). The van der Waals surface area contributed by atoms with E-state index in [1.165, 1.54) is 0 Å². The number of nitriles is 2. The van der Waals surface area contributed by atoms with Gasteiger partial charge >= 0.3 is 0 Å². The van der Waals surface area contributed by atoms with E-state index in [-0.39, 0.29) is 6.54 Å². The number of nitrogens with zero attached hydrogens (tertiary/aromatic N) is 3. The lowest BCUT2D eigenvalue weighted by Crippen LogP contribution is -2.21. The Bertz CT molecular complexity index is 237. The summed E-state index contributed by atoms with van der Waals surface area (Å²) in [4.78, 5) is 9.74. The monoisotopic (exact) mass is 181 g/mol. The van der Waals surface area contributed by atoms with E-state index in [0.717, 1.165) is 6.42 Å². The Labute approximate surface area is 76.7 Å². The van der Waals surface area contributed by atoms with Gasteiger partial charge in [0.05, 0.1) is 18.1 Å². The van der Waals surface area contributed by atoms with Crippen molar-refractivity contribution in [3.8, 4) is 12.1 Å². The second-order valence-corrected chi connectivity index (χ2v) is 2.80. The van der Waals surface area contributed by atoms with Crippen molar-refractivity contribution in [2.24, 2.45) is 11.8 Å². The van der Waals surface area contributed by atoms with Crippen molar-refractivity contribution in [3.63, 3.8) is 0 Å². The molecule has 0 aromatic heterocycles. The molecule has 0 bridgehead atoms. The average molecular weight is 181 g/mol. The van der Waals surface area contributed by atoms with Crippen LogP contribution in [0.1, 0.15) is 19.8 Å². The van der Waals surface area contributed by atoms with Gasteiger partial charge in [0, 0.05) is 4.92 Å². The van der Waals surface area contributed by atoms with Crippen LogP contribution in [0.2, 0.25) is 0 Å². The van der Waals surface area contributed by atoms with Gasteiger partial charge in [-0.05, 0) is 6.42 Å². The molecular formula is C8H11N3O2. The molecule has 0 aromatic rings. The Morgan fingerprint density at radius 3 is 2.31 bits per heavy atom. The van der Waals surface area contributed by atoms with Gasteiger partial charge in [-0.2, -0.15) is 10.5 Å². The van der Waals surface area contributed by atoms with Crippen molar-refractivity contribution in [2.75, 3.05) is 6.54 Å². The summed E-state index contributed by atoms with van der Waals surface area (Å²) in [5, 5.41) is 27.3. The maximum Gasteiger partial charge on any atom is 0.208 e. The molecule has 0 amide bonds. The summed E-state index contributed by atoms with van der Waals surface area (Å²) >= 11 is 0. The minimum atomic E-state index is -0.856. The van der Waals surface area contributed by atoms with Crippen LogP contribution in [0.4, 0.5) is 0 Å². The van der Waals surface area contributed by atoms with Gasteiger partial charge < -0.3 is 0 Å². The Morgan fingerprint density at radius 1 is 1.46 bits per heavy atom. The van der Waals surface area contributed by atoms with E-state index >= 15 is 0 Å². The highest BCUT2D eigenvalue weighted by Gasteiger charge is 2.24. The highest BCUT2D eigenvalue weighted by atomic mass is 16.6. The molecule has 0 aromatic carbocycles. The fourth-order valence-corrected chi connectivity index (χ4v) is 1.17. The van der Waals surface area contributed by atoms with Crippen LogP contribution < -0.4 is 0 Å². The first-order valence-electron chi connectivity index (χ1n) is 4.06. The van der Waals surface area contributed by atoms with Gasteiger partial charge in [-0.25, -0.2) is 0 Å². The molecule has 0 saturated heterocycles. The van der Waals surface area contributed by atoms with Gasteiger partial charge in [0.1, 0.15) is 5.92 Å². The molecule has 70 valence electrons. The number of rotatable bonds is 5. The van der Waals surface area contributed by atoms with E-state index in [1.54, 1.807) is 12.1 Å². The Morgan fingerprint density at radius 2 is 2.00 bits per heavy atom. The van der Waals surface area contributed by atoms with Gasteiger partial charge in [-0.1, -0.05) is 13.3 Å². The fourth-order valence-electron chi connectivity index (χ4n) is 1.17. The largest absolute Gasteiger partial charge is 0.265 e. The number of hydrogen-bond acceptors (Lipinski definition) is 4. The molecule has 5 nitrogen and oxygen atoms in total. The molecule has 0 N–H and O–H groups in total. The number of nitro groups is 1. The molecule has 0 aliphatic heterocycles. The van der Waals surface area contributed by atoms with Crippen LogP contribution >= 0.6 is 0 Å². The minimum Gasteiger partial charge on any atom is -0.265 e. The molecule has 0 radical (unpaired) electrons. The van der Waals surface area contributed by atoms with Crippen LogP contribution in [-0.4, -0.2) is 11.5 Å². The zero-order chi connectivity index (χ0) is 10.3. The maximum absolute atomic E-state index is 10.2. The van der Waals surface area contributed by atoms with Crippen molar-refractivity contribution in [1.82, 2.24) is 0 Å². The maximum atomic E-state index is 10.2. The molecule has 0 aliphatic carbocycles. The summed E-state index contributed by atoms with van der Waals surface area (Å²) in [7, 11) is 0. The predicted octanol–water partition coefficient (Wildman–Crippen LogP) is 1.34. The molecule has 0 heterocycles. The van der Waals surface area contributed by atoms with Crippen LogP contribution in [0.3, 0.4) is 0 Å². The van der Waals surface area contributed by atoms with Crippen molar-refractivity contribution < 1.29 is 4.92 Å². The Balaban J connectivity index is 4.33. The smallest absolute Gasteiger partial charge is 0.208 e. The predicted molar refractivity (Wildman–Crippen MR) is 45.0 cm³/mol. The molecule has 0 spiro atoms. The summed E-state index contributed by atoms with van der Waals surface area (Å²) in [6, 6.07) is 3.55. The van der Waals surface area contributed by atoms with Crippen molar-refractivity contribution in [3.05, 3.63) is 10.1 Å². The van der Waals surface area contributed by atoms with Crippen LogP contribution in [0, 0.1) is 44.6 Å². The van der Waals surface area contributed by atoms with E-state index in [1.807, 2.05) is 6.92 Å². The average Bonchev–Trinajstić information content (AvgIpc) is 2.05. The second-order valence-electron chi connectivity index (χ2n) is 2.80. The molecule has 0 fully saturated rings. The van der Waals surface area contributed by atoms with Crippen molar-refractivity contribution in [2.45, 2.75) is 19.8 Å². The minimum absolute atomic E-state index is 0.292. The summed E-state index contributed by atoms with van der Waals surface area (Å²) in [6.45, 7) is 1.58. The van der Waals surface area contributed by atoms with E-state index in [9.17, 15) is 10.1 Å². The molecule has 0 aliphatic rings. The Hall–Kier alpha value is -1.62. The summed E-state index contributed by atoms with van der Waals surface area (Å²) in [5.41, 5.74) is 0. The molecule has 1 atom stereocenters. The quantitative estimate of drug-likeness (QED) is 0.472. The zero-order valence-corrected chi connectivity index (χ0v) is 7.43. The van der Waals surface area contributed by atoms with Crippen molar-refractivity contribution >= 4 is 0 Å². The molecule has 13 heavy (non-hydrogen) atoms. The van der Waals surface area contributed by atoms with E-state index in [0.29, 0.717) is 6.42 Å². The molecular weight excluding hydrogens is 170 g/mol. The second kappa shape index (κ2) is 5.96. The SMILES string of the molecule is CCC[C@H](C[N+](=O)[O-])C(C#N)C#N. The third kappa shape index (κ3) is 4.07. The highest BCUT2D eigenvalue weighted by molar-refractivity contribution is 5.02. The first-order chi connectivity index (χ1) is 6.15. The molecule has 5 heteroatoms. The van der Waals surface area contributed by atoms with Crippen molar-refractivity contribution in [1.29, 1.82) is 10.5 Å². The van der Waals surface area contributed by atoms with Crippen LogP contribution in [0.5, 0.6) is 0 Å². The number of hydrogen-bond donors (Lipinski definition) is 0. The van der Waals surface area contributed by atoms with Gasteiger partial charge in [0.15, 0.2) is 0 Å². The summed E-state index contributed by atoms with van der Waals surface area (Å²) < 4.78 is 0. The standard InChI is InChI=1S/C8H11N3O2/c1-2-3-7(6-11(12)13)8(4-9)5-10/h7-8H,2-3,6H2,1H3/t7-/m1/s1. The van der Waals surface area contributed by atoms with Crippen LogP contribution in [0.15, 0.2) is 0 Å². The van der Waals surface area contributed by atoms with Gasteiger partial charge in [-0.3, -0.25) is 10.1 Å². The first kappa shape index (κ1) is 11.4. The fraction of sp³-hybridized carbons (Fsp3) is 0.750. The van der Waals surface area contributed by atoms with E-state index in [2.05, 4.69) is 0 Å². The summed E-state index contributed by atoms with van der Waals surface area (Å²) in [6.07, 6.45) is 1.30. The first-order valence-corrected chi connectivity index (χ1v) is 4.06. The van der Waals surface area contributed by atoms with E-state index < -0.39 is 16.8 Å². The lowest BCUT2D eigenvalue weighted by Gasteiger charge is -2.10. The van der Waals surface area contributed by atoms with Crippen LogP contribution in [-0.2, 0) is 0 Å². The topological polar surface area (TPSA) is 90.7 Å². The third-order valence-corrected chi connectivity index (χ3v) is 1.79. The summed E-state index contributed by atoms with van der Waals surface area (Å²) in [5.74, 6) is -1.29. The normalized spacial score (nSPS) is 11.7.